The Balaban J connectivity index is 2.11. The van der Waals surface area contributed by atoms with Crippen LogP contribution in [0.15, 0.2) is 46.9 Å². The van der Waals surface area contributed by atoms with Crippen molar-refractivity contribution in [3.8, 4) is 11.5 Å². The average Bonchev–Trinajstić information content (AvgIpc) is 2.46. The number of alkyl halides is 1. The van der Waals surface area contributed by atoms with Crippen LogP contribution in [0.4, 0.5) is 0 Å². The lowest BCUT2D eigenvalue weighted by Gasteiger charge is -2.12. The molecule has 19 heavy (non-hydrogen) atoms. The molecule has 0 saturated heterocycles. The van der Waals surface area contributed by atoms with Crippen LogP contribution in [0.5, 0.6) is 11.5 Å². The number of benzene rings is 2. The van der Waals surface area contributed by atoms with Crippen LogP contribution in [0, 0.1) is 0 Å². The van der Waals surface area contributed by atoms with E-state index in [0.29, 0.717) is 6.61 Å². The van der Waals surface area contributed by atoms with Crippen LogP contribution in [-0.2, 0) is 11.9 Å². The smallest absolute Gasteiger partial charge is 0.161 e. The molecule has 2 aromatic rings. The Morgan fingerprint density at radius 3 is 2.26 bits per heavy atom. The molecule has 2 rings (SSSR count). The van der Waals surface area contributed by atoms with Gasteiger partial charge in [-0.15, -0.1) is 0 Å². The van der Waals surface area contributed by atoms with Gasteiger partial charge < -0.3 is 9.47 Å². The van der Waals surface area contributed by atoms with Crippen molar-refractivity contribution < 1.29 is 9.47 Å². The normalized spacial score (nSPS) is 10.3. The van der Waals surface area contributed by atoms with Crippen LogP contribution < -0.4 is 9.47 Å². The van der Waals surface area contributed by atoms with Crippen molar-refractivity contribution in [1.29, 1.82) is 0 Å². The zero-order valence-corrected chi connectivity index (χ0v) is 13.7. The molecule has 0 amide bonds. The van der Waals surface area contributed by atoms with Crippen LogP contribution >= 0.6 is 31.9 Å². The van der Waals surface area contributed by atoms with E-state index in [-0.39, 0.29) is 0 Å². The van der Waals surface area contributed by atoms with E-state index in [4.69, 9.17) is 9.47 Å². The Morgan fingerprint density at radius 1 is 0.947 bits per heavy atom. The molecule has 0 aliphatic carbocycles. The van der Waals surface area contributed by atoms with Gasteiger partial charge in [-0.1, -0.05) is 50.1 Å². The van der Waals surface area contributed by atoms with Gasteiger partial charge in [0.1, 0.15) is 6.61 Å². The summed E-state index contributed by atoms with van der Waals surface area (Å²) in [6, 6.07) is 14.0. The Kier molecular flexibility index (Phi) is 5.28. The highest BCUT2D eigenvalue weighted by Gasteiger charge is 2.06. The Morgan fingerprint density at radius 2 is 1.63 bits per heavy atom. The van der Waals surface area contributed by atoms with Crippen LogP contribution in [0.25, 0.3) is 0 Å². The predicted octanol–water partition coefficient (Wildman–Crippen LogP) is 4.93. The standard InChI is InChI=1S/C15H14Br2O2/c1-18-14-7-4-12(9-16)8-15(14)19-10-11-2-5-13(17)6-3-11/h2-8H,9-10H2,1H3. The number of hydrogen-bond acceptors (Lipinski definition) is 2. The fourth-order valence-electron chi connectivity index (χ4n) is 1.66. The molecule has 0 aliphatic rings. The Bertz CT molecular complexity index is 538. The minimum Gasteiger partial charge on any atom is -0.493 e. The van der Waals surface area contributed by atoms with E-state index in [1.165, 1.54) is 0 Å². The number of methoxy groups -OCH3 is 1. The first-order valence-corrected chi connectivity index (χ1v) is 7.74. The second-order valence-electron chi connectivity index (χ2n) is 4.03. The van der Waals surface area contributed by atoms with Crippen molar-refractivity contribution in [2.24, 2.45) is 0 Å². The zero-order valence-electron chi connectivity index (χ0n) is 10.5. The van der Waals surface area contributed by atoms with Crippen molar-refractivity contribution in [3.63, 3.8) is 0 Å². The molecular formula is C15H14Br2O2. The van der Waals surface area contributed by atoms with Crippen LogP contribution in [-0.4, -0.2) is 7.11 Å². The summed E-state index contributed by atoms with van der Waals surface area (Å²) in [4.78, 5) is 0. The lowest BCUT2D eigenvalue weighted by Crippen LogP contribution is -1.98. The van der Waals surface area contributed by atoms with Gasteiger partial charge in [-0.3, -0.25) is 0 Å². The van der Waals surface area contributed by atoms with Gasteiger partial charge in [-0.25, -0.2) is 0 Å². The van der Waals surface area contributed by atoms with Gasteiger partial charge >= 0.3 is 0 Å². The summed E-state index contributed by atoms with van der Waals surface area (Å²) in [7, 11) is 1.65. The van der Waals surface area contributed by atoms with Crippen LogP contribution in [0.1, 0.15) is 11.1 Å². The SMILES string of the molecule is COc1ccc(CBr)cc1OCc1ccc(Br)cc1. The first-order chi connectivity index (χ1) is 9.22. The van der Waals surface area contributed by atoms with Crippen LogP contribution in [0.2, 0.25) is 0 Å². The van der Waals surface area contributed by atoms with Crippen LogP contribution in [0.3, 0.4) is 0 Å². The number of hydrogen-bond donors (Lipinski definition) is 0. The number of ether oxygens (including phenoxy) is 2. The van der Waals surface area contributed by atoms with Gasteiger partial charge in [0.15, 0.2) is 11.5 Å². The lowest BCUT2D eigenvalue weighted by atomic mass is 10.2. The topological polar surface area (TPSA) is 18.5 Å². The molecule has 100 valence electrons. The summed E-state index contributed by atoms with van der Waals surface area (Å²) >= 11 is 6.86. The fourth-order valence-corrected chi connectivity index (χ4v) is 2.27. The van der Waals surface area contributed by atoms with Crippen molar-refractivity contribution in [1.82, 2.24) is 0 Å². The van der Waals surface area contributed by atoms with E-state index >= 15 is 0 Å². The molecule has 0 aromatic heterocycles. The third kappa shape index (κ3) is 3.98. The minimum absolute atomic E-state index is 0.523. The molecule has 0 unspecified atom stereocenters. The monoisotopic (exact) mass is 384 g/mol. The summed E-state index contributed by atoms with van der Waals surface area (Å²) in [5, 5.41) is 0.797. The molecule has 0 bridgehead atoms. The van der Waals surface area contributed by atoms with Gasteiger partial charge in [-0.05, 0) is 35.4 Å². The van der Waals surface area contributed by atoms with E-state index in [0.717, 1.165) is 32.4 Å². The predicted molar refractivity (Wildman–Crippen MR) is 84.1 cm³/mol. The van der Waals surface area contributed by atoms with E-state index < -0.39 is 0 Å². The maximum absolute atomic E-state index is 5.84. The van der Waals surface area contributed by atoms with Gasteiger partial charge in [0.05, 0.1) is 7.11 Å². The summed E-state index contributed by atoms with van der Waals surface area (Å²) < 4.78 is 12.2. The highest BCUT2D eigenvalue weighted by molar-refractivity contribution is 9.10. The maximum atomic E-state index is 5.84. The molecule has 0 saturated carbocycles. The van der Waals surface area contributed by atoms with E-state index in [1.54, 1.807) is 7.11 Å². The molecule has 0 fully saturated rings. The maximum Gasteiger partial charge on any atom is 0.161 e. The third-order valence-electron chi connectivity index (χ3n) is 2.69. The second kappa shape index (κ2) is 6.96. The first-order valence-electron chi connectivity index (χ1n) is 5.83. The lowest BCUT2D eigenvalue weighted by molar-refractivity contribution is 0.284. The molecule has 0 atom stereocenters. The average molecular weight is 386 g/mol. The van der Waals surface area contributed by atoms with Crippen molar-refractivity contribution in [3.05, 3.63) is 58.1 Å². The van der Waals surface area contributed by atoms with Crippen molar-refractivity contribution in [2.45, 2.75) is 11.9 Å². The number of rotatable bonds is 5. The molecule has 0 radical (unpaired) electrons. The molecule has 2 nitrogen and oxygen atoms in total. The molecule has 0 aliphatic heterocycles. The summed E-state index contributed by atoms with van der Waals surface area (Å²) in [5.74, 6) is 1.52. The van der Waals surface area contributed by atoms with E-state index in [9.17, 15) is 0 Å². The molecule has 4 heteroatoms. The van der Waals surface area contributed by atoms with Gasteiger partial charge in [-0.2, -0.15) is 0 Å². The first kappa shape index (κ1) is 14.4. The zero-order chi connectivity index (χ0) is 13.7. The van der Waals surface area contributed by atoms with Crippen molar-refractivity contribution in [2.75, 3.05) is 7.11 Å². The van der Waals surface area contributed by atoms with Crippen molar-refractivity contribution >= 4 is 31.9 Å². The molecule has 0 heterocycles. The summed E-state index contributed by atoms with van der Waals surface area (Å²) in [6.07, 6.45) is 0. The summed E-state index contributed by atoms with van der Waals surface area (Å²) in [5.41, 5.74) is 2.28. The Labute approximate surface area is 130 Å². The number of halogens is 2. The highest BCUT2D eigenvalue weighted by Crippen LogP contribution is 2.29. The third-order valence-corrected chi connectivity index (χ3v) is 3.87. The van der Waals surface area contributed by atoms with Gasteiger partial charge in [0, 0.05) is 9.80 Å². The summed E-state index contributed by atoms with van der Waals surface area (Å²) in [6.45, 7) is 0.523. The molecule has 2 aromatic carbocycles. The van der Waals surface area contributed by atoms with E-state index in [1.807, 2.05) is 42.5 Å². The molecular weight excluding hydrogens is 372 g/mol. The van der Waals surface area contributed by atoms with Gasteiger partial charge in [0.25, 0.3) is 0 Å². The molecule has 0 N–H and O–H groups in total. The largest absolute Gasteiger partial charge is 0.493 e. The fraction of sp³-hybridized carbons (Fsp3) is 0.200. The second-order valence-corrected chi connectivity index (χ2v) is 5.51. The minimum atomic E-state index is 0.523. The Hall–Kier alpha value is -1.00. The quantitative estimate of drug-likeness (QED) is 0.679. The highest BCUT2D eigenvalue weighted by atomic mass is 79.9. The molecule has 0 spiro atoms. The van der Waals surface area contributed by atoms with Gasteiger partial charge in [0.2, 0.25) is 0 Å². The van der Waals surface area contributed by atoms with E-state index in [2.05, 4.69) is 31.9 Å².